The van der Waals surface area contributed by atoms with Crippen molar-refractivity contribution in [2.24, 2.45) is 0 Å². The maximum atomic E-state index is 12.4. The highest BCUT2D eigenvalue weighted by atomic mass is 16.5. The Hall–Kier alpha value is -1.75. The number of amides is 1. The lowest BCUT2D eigenvalue weighted by atomic mass is 9.86. The van der Waals surface area contributed by atoms with Gasteiger partial charge in [0.25, 0.3) is 0 Å². The number of nitrogens with one attached hydrogen (secondary N) is 2. The van der Waals surface area contributed by atoms with Gasteiger partial charge in [0.1, 0.15) is 17.0 Å². The molecule has 2 N–H and O–H groups in total. The Balaban J connectivity index is 1.95. The van der Waals surface area contributed by atoms with Crippen molar-refractivity contribution in [3.8, 4) is 5.75 Å². The van der Waals surface area contributed by atoms with Gasteiger partial charge in [0.15, 0.2) is 0 Å². The molecular formula is C14H18N2O3. The van der Waals surface area contributed by atoms with Gasteiger partial charge >= 0.3 is 0 Å². The highest BCUT2D eigenvalue weighted by molar-refractivity contribution is 6.07. The van der Waals surface area contributed by atoms with Crippen LogP contribution in [0.25, 0.3) is 0 Å². The molecule has 0 saturated carbocycles. The molecule has 102 valence electrons. The van der Waals surface area contributed by atoms with Gasteiger partial charge in [-0.25, -0.2) is 0 Å². The largest absolute Gasteiger partial charge is 0.492 e. The summed E-state index contributed by atoms with van der Waals surface area (Å²) in [5.41, 5.74) is 1.13. The lowest BCUT2D eigenvalue weighted by Gasteiger charge is -2.41. The SMILES string of the molecule is CCOc1cccc2c1NC(=O)C1(CCOCC1)N2. The van der Waals surface area contributed by atoms with Crippen molar-refractivity contribution < 1.29 is 14.3 Å². The highest BCUT2D eigenvalue weighted by Gasteiger charge is 2.43. The molecule has 0 bridgehead atoms. The van der Waals surface area contributed by atoms with E-state index in [0.29, 0.717) is 38.4 Å². The van der Waals surface area contributed by atoms with Crippen LogP contribution in [0.1, 0.15) is 19.8 Å². The molecule has 1 fully saturated rings. The van der Waals surface area contributed by atoms with Crippen molar-refractivity contribution >= 4 is 17.3 Å². The minimum absolute atomic E-state index is 0.00968. The van der Waals surface area contributed by atoms with E-state index in [-0.39, 0.29) is 5.91 Å². The van der Waals surface area contributed by atoms with Crippen molar-refractivity contribution in [1.29, 1.82) is 0 Å². The van der Waals surface area contributed by atoms with E-state index in [0.717, 1.165) is 11.4 Å². The van der Waals surface area contributed by atoms with E-state index in [1.54, 1.807) is 0 Å². The number of fused-ring (bicyclic) bond motifs is 1. The minimum Gasteiger partial charge on any atom is -0.492 e. The molecule has 2 aliphatic rings. The third-order valence-corrected chi connectivity index (χ3v) is 3.72. The molecule has 3 rings (SSSR count). The molecule has 0 atom stereocenters. The fourth-order valence-electron chi connectivity index (χ4n) is 2.66. The van der Waals surface area contributed by atoms with E-state index in [2.05, 4.69) is 10.6 Å². The first-order chi connectivity index (χ1) is 9.25. The summed E-state index contributed by atoms with van der Waals surface area (Å²) in [6.07, 6.45) is 1.38. The summed E-state index contributed by atoms with van der Waals surface area (Å²) in [4.78, 5) is 12.4. The summed E-state index contributed by atoms with van der Waals surface area (Å²) >= 11 is 0. The van der Waals surface area contributed by atoms with E-state index < -0.39 is 5.54 Å². The topological polar surface area (TPSA) is 59.6 Å². The molecule has 0 aliphatic carbocycles. The third kappa shape index (κ3) is 2.04. The third-order valence-electron chi connectivity index (χ3n) is 3.72. The number of anilines is 2. The summed E-state index contributed by atoms with van der Waals surface area (Å²) in [6.45, 7) is 3.73. The Bertz CT molecular complexity index is 495. The average Bonchev–Trinajstić information content (AvgIpc) is 2.42. The monoisotopic (exact) mass is 262 g/mol. The number of rotatable bonds is 2. The number of carbonyl (C=O) groups is 1. The molecule has 1 spiro atoms. The van der Waals surface area contributed by atoms with E-state index in [9.17, 15) is 4.79 Å². The number of carbonyl (C=O) groups excluding carboxylic acids is 1. The fraction of sp³-hybridized carbons (Fsp3) is 0.500. The van der Waals surface area contributed by atoms with E-state index in [4.69, 9.17) is 9.47 Å². The van der Waals surface area contributed by atoms with Gasteiger partial charge < -0.3 is 20.1 Å². The van der Waals surface area contributed by atoms with Gasteiger partial charge in [-0.2, -0.15) is 0 Å². The second-order valence-corrected chi connectivity index (χ2v) is 4.89. The van der Waals surface area contributed by atoms with Crippen LogP contribution < -0.4 is 15.4 Å². The number of para-hydroxylation sites is 1. The average molecular weight is 262 g/mol. The molecular weight excluding hydrogens is 244 g/mol. The number of hydrogen-bond donors (Lipinski definition) is 2. The Kier molecular flexibility index (Phi) is 3.06. The van der Waals surface area contributed by atoms with Gasteiger partial charge in [-0.15, -0.1) is 0 Å². The fourth-order valence-corrected chi connectivity index (χ4v) is 2.66. The summed E-state index contributed by atoms with van der Waals surface area (Å²) in [5, 5.41) is 6.38. The van der Waals surface area contributed by atoms with E-state index in [1.165, 1.54) is 0 Å². The van der Waals surface area contributed by atoms with Crippen LogP contribution in [0, 0.1) is 0 Å². The van der Waals surface area contributed by atoms with Crippen LogP contribution in [0.3, 0.4) is 0 Å². The molecule has 0 unspecified atom stereocenters. The first-order valence-electron chi connectivity index (χ1n) is 6.68. The van der Waals surface area contributed by atoms with Crippen molar-refractivity contribution in [1.82, 2.24) is 0 Å². The molecule has 0 radical (unpaired) electrons. The lowest BCUT2D eigenvalue weighted by Crippen LogP contribution is -2.55. The zero-order valence-corrected chi connectivity index (χ0v) is 11.0. The molecule has 1 amide bonds. The van der Waals surface area contributed by atoms with Gasteiger partial charge in [0.05, 0.1) is 12.3 Å². The molecule has 2 heterocycles. The summed E-state index contributed by atoms with van der Waals surface area (Å²) in [5.74, 6) is 0.721. The van der Waals surface area contributed by atoms with Crippen molar-refractivity contribution in [2.45, 2.75) is 25.3 Å². The normalized spacial score (nSPS) is 20.4. The molecule has 1 saturated heterocycles. The number of hydrogen-bond acceptors (Lipinski definition) is 4. The van der Waals surface area contributed by atoms with Crippen LogP contribution in [0.5, 0.6) is 5.75 Å². The molecule has 19 heavy (non-hydrogen) atoms. The second kappa shape index (κ2) is 4.74. The second-order valence-electron chi connectivity index (χ2n) is 4.89. The van der Waals surface area contributed by atoms with Crippen LogP contribution in [-0.2, 0) is 9.53 Å². The molecule has 1 aromatic carbocycles. The Morgan fingerprint density at radius 2 is 2.16 bits per heavy atom. The van der Waals surface area contributed by atoms with Crippen LogP contribution in [0.2, 0.25) is 0 Å². The Labute approximate surface area is 112 Å². The maximum absolute atomic E-state index is 12.4. The predicted octanol–water partition coefficient (Wildman–Crippen LogP) is 2.00. The quantitative estimate of drug-likeness (QED) is 0.856. The van der Waals surface area contributed by atoms with Gasteiger partial charge in [-0.3, -0.25) is 4.79 Å². The molecule has 1 aromatic rings. The van der Waals surface area contributed by atoms with E-state index >= 15 is 0 Å². The molecule has 5 nitrogen and oxygen atoms in total. The Morgan fingerprint density at radius 1 is 1.37 bits per heavy atom. The van der Waals surface area contributed by atoms with Crippen molar-refractivity contribution in [3.63, 3.8) is 0 Å². The lowest BCUT2D eigenvalue weighted by molar-refractivity contribution is -0.123. The first-order valence-corrected chi connectivity index (χ1v) is 6.68. The summed E-state index contributed by atoms with van der Waals surface area (Å²) in [6, 6.07) is 5.77. The van der Waals surface area contributed by atoms with Crippen LogP contribution in [0.4, 0.5) is 11.4 Å². The Morgan fingerprint density at radius 3 is 2.89 bits per heavy atom. The van der Waals surface area contributed by atoms with E-state index in [1.807, 2.05) is 25.1 Å². The van der Waals surface area contributed by atoms with Gasteiger partial charge in [-0.05, 0) is 19.1 Å². The van der Waals surface area contributed by atoms with Crippen LogP contribution in [-0.4, -0.2) is 31.3 Å². The van der Waals surface area contributed by atoms with Gasteiger partial charge in [0, 0.05) is 26.1 Å². The van der Waals surface area contributed by atoms with Gasteiger partial charge in [-0.1, -0.05) is 6.07 Å². The molecule has 5 heteroatoms. The molecule has 0 aromatic heterocycles. The smallest absolute Gasteiger partial charge is 0.250 e. The minimum atomic E-state index is -0.532. The predicted molar refractivity (Wildman–Crippen MR) is 72.6 cm³/mol. The number of ether oxygens (including phenoxy) is 2. The van der Waals surface area contributed by atoms with Crippen LogP contribution >= 0.6 is 0 Å². The van der Waals surface area contributed by atoms with Crippen molar-refractivity contribution in [3.05, 3.63) is 18.2 Å². The highest BCUT2D eigenvalue weighted by Crippen LogP contribution is 2.40. The standard InChI is InChI=1S/C14H18N2O3/c1-2-19-11-5-3-4-10-12(11)15-13(17)14(16-10)6-8-18-9-7-14/h3-5,16H,2,6-9H2,1H3,(H,15,17). The first kappa shape index (κ1) is 12.3. The molecule has 2 aliphatic heterocycles. The zero-order valence-electron chi connectivity index (χ0n) is 11.0. The van der Waals surface area contributed by atoms with Crippen LogP contribution in [0.15, 0.2) is 18.2 Å². The maximum Gasteiger partial charge on any atom is 0.250 e. The summed E-state index contributed by atoms with van der Waals surface area (Å²) < 4.78 is 10.9. The summed E-state index contributed by atoms with van der Waals surface area (Å²) in [7, 11) is 0. The number of benzene rings is 1. The zero-order chi connectivity index (χ0) is 13.3. The van der Waals surface area contributed by atoms with Gasteiger partial charge in [0.2, 0.25) is 5.91 Å². The van der Waals surface area contributed by atoms with Crippen molar-refractivity contribution in [2.75, 3.05) is 30.5 Å².